The molecule has 3 aromatic carbocycles. The minimum Gasteiger partial charge on any atom is -0.493 e. The molecule has 0 saturated heterocycles. The van der Waals surface area contributed by atoms with Gasteiger partial charge in [-0.1, -0.05) is 40.9 Å². The van der Waals surface area contributed by atoms with E-state index in [-0.39, 0.29) is 12.2 Å². The predicted molar refractivity (Wildman–Crippen MR) is 135 cm³/mol. The van der Waals surface area contributed by atoms with Crippen molar-refractivity contribution in [1.29, 1.82) is 5.26 Å². The number of hydrogen-bond acceptors (Lipinski definition) is 4. The van der Waals surface area contributed by atoms with E-state index in [9.17, 15) is 10.1 Å². The number of ether oxygens (including phenoxy) is 2. The molecule has 1 amide bonds. The summed E-state index contributed by atoms with van der Waals surface area (Å²) in [5, 5.41) is 13.7. The average Bonchev–Trinajstić information content (AvgIpc) is 2.78. The lowest BCUT2D eigenvalue weighted by molar-refractivity contribution is -0.112. The third-order valence-electron chi connectivity index (χ3n) is 4.42. The van der Waals surface area contributed by atoms with Crippen LogP contribution in [0.2, 0.25) is 15.1 Å². The fraction of sp³-hybridized carbons (Fsp3) is 0.0833. The van der Waals surface area contributed by atoms with Gasteiger partial charge in [-0.3, -0.25) is 4.79 Å². The molecule has 3 aromatic rings. The molecule has 9 heteroatoms. The Balaban J connectivity index is 1.82. The standard InChI is InChI=1S/C24H16BrCl3N2O3/c1-32-22-10-14(8-16(12-29)24(31)30-19-6-4-17(26)5-7-19)9-20(25)23(22)33-13-15-2-3-18(27)11-21(15)28/h2-11H,13H2,1H3,(H,30,31)/b16-8-. The van der Waals surface area contributed by atoms with Crippen molar-refractivity contribution >= 4 is 68.4 Å². The van der Waals surface area contributed by atoms with Crippen LogP contribution in [0.5, 0.6) is 11.5 Å². The summed E-state index contributed by atoms with van der Waals surface area (Å²) in [6.45, 7) is 0.188. The zero-order chi connectivity index (χ0) is 24.0. The zero-order valence-corrected chi connectivity index (χ0v) is 21.0. The van der Waals surface area contributed by atoms with Crippen LogP contribution in [0, 0.1) is 11.3 Å². The Morgan fingerprint density at radius 3 is 2.42 bits per heavy atom. The summed E-state index contributed by atoms with van der Waals surface area (Å²) in [5.74, 6) is 0.313. The molecule has 0 radical (unpaired) electrons. The van der Waals surface area contributed by atoms with Gasteiger partial charge in [0.15, 0.2) is 11.5 Å². The van der Waals surface area contributed by atoms with Gasteiger partial charge in [0.1, 0.15) is 18.2 Å². The molecule has 0 aliphatic rings. The summed E-state index contributed by atoms with van der Waals surface area (Å²) >= 11 is 21.5. The number of rotatable bonds is 7. The summed E-state index contributed by atoms with van der Waals surface area (Å²) in [4.78, 5) is 12.5. The second-order valence-corrected chi connectivity index (χ2v) is 8.82. The number of hydrogen-bond donors (Lipinski definition) is 1. The largest absolute Gasteiger partial charge is 0.493 e. The minimum absolute atomic E-state index is 0.0829. The SMILES string of the molecule is COc1cc(/C=C(/C#N)C(=O)Nc2ccc(Cl)cc2)cc(Br)c1OCc1ccc(Cl)cc1Cl. The van der Waals surface area contributed by atoms with Crippen molar-refractivity contribution in [3.63, 3.8) is 0 Å². The van der Waals surface area contributed by atoms with Crippen molar-refractivity contribution in [3.05, 3.63) is 90.8 Å². The maximum absolute atomic E-state index is 12.5. The van der Waals surface area contributed by atoms with Crippen LogP contribution in [0.15, 0.2) is 64.6 Å². The summed E-state index contributed by atoms with van der Waals surface area (Å²) in [6, 6.07) is 17.0. The van der Waals surface area contributed by atoms with Crippen molar-refractivity contribution in [3.8, 4) is 17.6 Å². The van der Waals surface area contributed by atoms with E-state index >= 15 is 0 Å². The van der Waals surface area contributed by atoms with E-state index in [1.165, 1.54) is 13.2 Å². The highest BCUT2D eigenvalue weighted by Crippen LogP contribution is 2.38. The van der Waals surface area contributed by atoms with Crippen molar-refractivity contribution in [1.82, 2.24) is 0 Å². The van der Waals surface area contributed by atoms with Gasteiger partial charge in [-0.05, 0) is 76.1 Å². The Bertz CT molecular complexity index is 1260. The lowest BCUT2D eigenvalue weighted by Gasteiger charge is -2.14. The van der Waals surface area contributed by atoms with E-state index in [0.717, 1.165) is 5.56 Å². The first-order chi connectivity index (χ1) is 15.8. The molecule has 0 fully saturated rings. The van der Waals surface area contributed by atoms with E-state index in [1.54, 1.807) is 54.6 Å². The van der Waals surface area contributed by atoms with E-state index in [0.29, 0.717) is 42.3 Å². The second kappa shape index (κ2) is 11.4. The number of carbonyl (C=O) groups excluding carboxylic acids is 1. The van der Waals surface area contributed by atoms with Crippen LogP contribution in [-0.2, 0) is 11.4 Å². The summed E-state index contributed by atoms with van der Waals surface area (Å²) < 4.78 is 11.9. The van der Waals surface area contributed by atoms with Gasteiger partial charge in [0.25, 0.3) is 5.91 Å². The van der Waals surface area contributed by atoms with Gasteiger partial charge in [-0.2, -0.15) is 5.26 Å². The first-order valence-corrected chi connectivity index (χ1v) is 11.4. The third-order valence-corrected chi connectivity index (χ3v) is 5.85. The molecule has 0 aliphatic heterocycles. The Kier molecular flexibility index (Phi) is 8.65. The Morgan fingerprint density at radius 1 is 1.09 bits per heavy atom. The molecule has 3 rings (SSSR count). The average molecular weight is 567 g/mol. The molecular formula is C24H16BrCl3N2O3. The molecule has 1 N–H and O–H groups in total. The van der Waals surface area contributed by atoms with Crippen LogP contribution < -0.4 is 14.8 Å². The molecule has 0 heterocycles. The van der Waals surface area contributed by atoms with E-state index in [4.69, 9.17) is 44.3 Å². The van der Waals surface area contributed by atoms with Gasteiger partial charge < -0.3 is 14.8 Å². The number of anilines is 1. The quantitative estimate of drug-likeness (QED) is 0.237. The summed E-state index contributed by atoms with van der Waals surface area (Å²) in [5.41, 5.74) is 1.76. The third kappa shape index (κ3) is 6.66. The molecule has 0 unspecified atom stereocenters. The Hall–Kier alpha value is -2.69. The lowest BCUT2D eigenvalue weighted by Crippen LogP contribution is -2.13. The van der Waals surface area contributed by atoms with Crippen LogP contribution >= 0.6 is 50.7 Å². The number of halogens is 4. The van der Waals surface area contributed by atoms with E-state index < -0.39 is 5.91 Å². The van der Waals surface area contributed by atoms with E-state index in [2.05, 4.69) is 21.2 Å². The van der Waals surface area contributed by atoms with Gasteiger partial charge in [-0.15, -0.1) is 0 Å². The number of nitrogens with one attached hydrogen (secondary N) is 1. The highest BCUT2D eigenvalue weighted by atomic mass is 79.9. The molecule has 0 aromatic heterocycles. The van der Waals surface area contributed by atoms with Gasteiger partial charge in [-0.25, -0.2) is 0 Å². The first kappa shape index (κ1) is 24.9. The number of methoxy groups -OCH3 is 1. The summed E-state index contributed by atoms with van der Waals surface area (Å²) in [7, 11) is 1.50. The van der Waals surface area contributed by atoms with Crippen molar-refractivity contribution in [2.45, 2.75) is 6.61 Å². The van der Waals surface area contributed by atoms with Gasteiger partial charge in [0.05, 0.1) is 11.6 Å². The van der Waals surface area contributed by atoms with Gasteiger partial charge in [0, 0.05) is 26.3 Å². The topological polar surface area (TPSA) is 71.3 Å². The molecule has 0 aliphatic carbocycles. The van der Waals surface area contributed by atoms with Gasteiger partial charge >= 0.3 is 0 Å². The fourth-order valence-electron chi connectivity index (χ4n) is 2.80. The normalized spacial score (nSPS) is 11.0. The number of carbonyl (C=O) groups is 1. The first-order valence-electron chi connectivity index (χ1n) is 9.43. The fourth-order valence-corrected chi connectivity index (χ4v) is 3.96. The van der Waals surface area contributed by atoms with Gasteiger partial charge in [0.2, 0.25) is 0 Å². The van der Waals surface area contributed by atoms with Crippen molar-refractivity contribution < 1.29 is 14.3 Å². The van der Waals surface area contributed by atoms with Crippen molar-refractivity contribution in [2.24, 2.45) is 0 Å². The molecule has 5 nitrogen and oxygen atoms in total. The molecule has 33 heavy (non-hydrogen) atoms. The van der Waals surface area contributed by atoms with Crippen molar-refractivity contribution in [2.75, 3.05) is 12.4 Å². The monoisotopic (exact) mass is 564 g/mol. The smallest absolute Gasteiger partial charge is 0.266 e. The number of benzene rings is 3. The minimum atomic E-state index is -0.549. The number of nitriles is 1. The molecule has 0 bridgehead atoms. The summed E-state index contributed by atoms with van der Waals surface area (Å²) in [6.07, 6.45) is 1.46. The molecule has 0 saturated carbocycles. The van der Waals surface area contributed by atoms with Crippen LogP contribution in [0.4, 0.5) is 5.69 Å². The van der Waals surface area contributed by atoms with Crippen LogP contribution in [-0.4, -0.2) is 13.0 Å². The number of nitrogens with zero attached hydrogens (tertiary/aromatic N) is 1. The van der Waals surface area contributed by atoms with Crippen LogP contribution in [0.3, 0.4) is 0 Å². The highest BCUT2D eigenvalue weighted by molar-refractivity contribution is 9.10. The lowest BCUT2D eigenvalue weighted by atomic mass is 10.1. The molecule has 168 valence electrons. The second-order valence-electron chi connectivity index (χ2n) is 6.69. The van der Waals surface area contributed by atoms with Crippen LogP contribution in [0.25, 0.3) is 6.08 Å². The van der Waals surface area contributed by atoms with E-state index in [1.807, 2.05) is 6.07 Å². The number of amides is 1. The molecule has 0 spiro atoms. The Labute approximate surface area is 214 Å². The maximum Gasteiger partial charge on any atom is 0.266 e. The maximum atomic E-state index is 12.5. The molecular weight excluding hydrogens is 551 g/mol. The highest BCUT2D eigenvalue weighted by Gasteiger charge is 2.15. The Morgan fingerprint density at radius 2 is 1.79 bits per heavy atom. The molecule has 0 atom stereocenters. The predicted octanol–water partition coefficient (Wildman–Crippen LogP) is 7.54. The zero-order valence-electron chi connectivity index (χ0n) is 17.2. The van der Waals surface area contributed by atoms with Crippen LogP contribution in [0.1, 0.15) is 11.1 Å².